The summed E-state index contributed by atoms with van der Waals surface area (Å²) in [5.74, 6) is -0.135. The fraction of sp³-hybridized carbons (Fsp3) is 0.938. The summed E-state index contributed by atoms with van der Waals surface area (Å²) in [6, 6.07) is 0. The number of ether oxygens (including phenoxy) is 2. The van der Waals surface area contributed by atoms with Crippen LogP contribution in [0, 0.1) is 0 Å². The molecular formula is C32H64O4. The smallest absolute Gasteiger partial charge is 0.305 e. The number of carbonyl (C=O) groups is 2. The molecule has 0 saturated heterocycles. The van der Waals surface area contributed by atoms with E-state index in [1.807, 2.05) is 13.8 Å². The summed E-state index contributed by atoms with van der Waals surface area (Å²) >= 11 is 0. The normalized spacial score (nSPS) is 10.6. The van der Waals surface area contributed by atoms with Gasteiger partial charge >= 0.3 is 11.9 Å². The summed E-state index contributed by atoms with van der Waals surface area (Å²) in [5, 5.41) is 0. The fourth-order valence-electron chi connectivity index (χ4n) is 4.11. The standard InChI is InChI=1S/2C16H32O2/c2*1-3-5-6-7-8-9-10-11-12-13-14-15-18-16(17)4-2/h2*3-15H2,1-2H3. The summed E-state index contributed by atoms with van der Waals surface area (Å²) in [5.41, 5.74) is 0. The first kappa shape index (κ1) is 37.1. The van der Waals surface area contributed by atoms with Gasteiger partial charge in [-0.1, -0.05) is 156 Å². The highest BCUT2D eigenvalue weighted by molar-refractivity contribution is 5.69. The SMILES string of the molecule is CCCCCCCCCCCCCOC(=O)CC.CCCCCCCCCCCCCOC(=O)CC. The van der Waals surface area contributed by atoms with Crippen LogP contribution in [0.5, 0.6) is 0 Å². The molecule has 0 radical (unpaired) electrons. The summed E-state index contributed by atoms with van der Waals surface area (Å²) in [7, 11) is 0. The molecule has 0 aliphatic heterocycles. The lowest BCUT2D eigenvalue weighted by atomic mass is 10.1. The number of unbranched alkanes of at least 4 members (excludes halogenated alkanes) is 20. The Morgan fingerprint density at radius 3 is 0.806 bits per heavy atom. The van der Waals surface area contributed by atoms with Crippen molar-refractivity contribution in [2.45, 2.75) is 182 Å². The van der Waals surface area contributed by atoms with E-state index in [1.165, 1.54) is 128 Å². The van der Waals surface area contributed by atoms with E-state index >= 15 is 0 Å². The van der Waals surface area contributed by atoms with Gasteiger partial charge in [0.05, 0.1) is 13.2 Å². The number of carbonyl (C=O) groups excluding carboxylic acids is 2. The Hall–Kier alpha value is -1.06. The van der Waals surface area contributed by atoms with Crippen LogP contribution in [0.3, 0.4) is 0 Å². The molecular weight excluding hydrogens is 448 g/mol. The quantitative estimate of drug-likeness (QED) is 0.0854. The topological polar surface area (TPSA) is 52.6 Å². The predicted molar refractivity (Wildman–Crippen MR) is 155 cm³/mol. The van der Waals surface area contributed by atoms with Crippen molar-refractivity contribution >= 4 is 11.9 Å². The molecule has 0 amide bonds. The van der Waals surface area contributed by atoms with Crippen molar-refractivity contribution in [1.29, 1.82) is 0 Å². The fourth-order valence-corrected chi connectivity index (χ4v) is 4.11. The van der Waals surface area contributed by atoms with Gasteiger partial charge in [-0.2, -0.15) is 0 Å². The van der Waals surface area contributed by atoms with Gasteiger partial charge in [0, 0.05) is 12.8 Å². The van der Waals surface area contributed by atoms with Gasteiger partial charge in [-0.15, -0.1) is 0 Å². The summed E-state index contributed by atoms with van der Waals surface area (Å²) in [6.45, 7) is 9.43. The van der Waals surface area contributed by atoms with Gasteiger partial charge in [-0.3, -0.25) is 9.59 Å². The second-order valence-corrected chi connectivity index (χ2v) is 10.2. The number of rotatable bonds is 26. The number of esters is 2. The second kappa shape index (κ2) is 33.9. The summed E-state index contributed by atoms with van der Waals surface area (Å²) in [6.07, 6.45) is 30.2. The molecule has 0 saturated carbocycles. The molecule has 0 rings (SSSR count). The van der Waals surface area contributed by atoms with Crippen LogP contribution in [0.15, 0.2) is 0 Å². The average Bonchev–Trinajstić information content (AvgIpc) is 2.89. The van der Waals surface area contributed by atoms with Crippen molar-refractivity contribution in [3.05, 3.63) is 0 Å². The maximum atomic E-state index is 10.9. The molecule has 0 spiro atoms. The zero-order valence-electron chi connectivity index (χ0n) is 25.0. The minimum Gasteiger partial charge on any atom is -0.466 e. The molecule has 4 nitrogen and oxygen atoms in total. The van der Waals surface area contributed by atoms with Crippen LogP contribution in [0.1, 0.15) is 182 Å². The molecule has 0 N–H and O–H groups in total. The van der Waals surface area contributed by atoms with Crippen LogP contribution in [-0.4, -0.2) is 25.2 Å². The zero-order chi connectivity index (χ0) is 27.0. The van der Waals surface area contributed by atoms with E-state index in [4.69, 9.17) is 9.47 Å². The minimum atomic E-state index is -0.0675. The Kier molecular flexibility index (Phi) is 35.0. The van der Waals surface area contributed by atoms with Crippen LogP contribution >= 0.6 is 0 Å². The van der Waals surface area contributed by atoms with E-state index in [0.29, 0.717) is 26.1 Å². The van der Waals surface area contributed by atoms with Crippen LogP contribution in [-0.2, 0) is 19.1 Å². The van der Waals surface area contributed by atoms with E-state index in [-0.39, 0.29) is 11.9 Å². The lowest BCUT2D eigenvalue weighted by Crippen LogP contribution is -2.03. The third kappa shape index (κ3) is 35.1. The van der Waals surface area contributed by atoms with Crippen molar-refractivity contribution in [2.24, 2.45) is 0 Å². The molecule has 216 valence electrons. The molecule has 0 aromatic rings. The first-order chi connectivity index (χ1) is 17.6. The van der Waals surface area contributed by atoms with Crippen molar-refractivity contribution in [2.75, 3.05) is 13.2 Å². The first-order valence-electron chi connectivity index (χ1n) is 15.9. The molecule has 0 heterocycles. The van der Waals surface area contributed by atoms with Gasteiger partial charge in [-0.05, 0) is 12.8 Å². The van der Waals surface area contributed by atoms with Gasteiger partial charge in [0.15, 0.2) is 0 Å². The molecule has 0 aromatic heterocycles. The lowest BCUT2D eigenvalue weighted by molar-refractivity contribution is -0.144. The first-order valence-corrected chi connectivity index (χ1v) is 15.9. The van der Waals surface area contributed by atoms with Crippen LogP contribution in [0.25, 0.3) is 0 Å². The molecule has 0 aliphatic rings. The third-order valence-electron chi connectivity index (χ3n) is 6.60. The Morgan fingerprint density at radius 1 is 0.361 bits per heavy atom. The van der Waals surface area contributed by atoms with Crippen LogP contribution in [0.2, 0.25) is 0 Å². The van der Waals surface area contributed by atoms with Gasteiger partial charge < -0.3 is 9.47 Å². The maximum absolute atomic E-state index is 10.9. The second-order valence-electron chi connectivity index (χ2n) is 10.2. The van der Waals surface area contributed by atoms with E-state index in [9.17, 15) is 9.59 Å². The molecule has 4 heteroatoms. The molecule has 0 bridgehead atoms. The molecule has 0 atom stereocenters. The molecule has 0 unspecified atom stereocenters. The Morgan fingerprint density at radius 2 is 0.583 bits per heavy atom. The van der Waals surface area contributed by atoms with E-state index in [2.05, 4.69) is 13.8 Å². The van der Waals surface area contributed by atoms with E-state index < -0.39 is 0 Å². The molecule has 36 heavy (non-hydrogen) atoms. The highest BCUT2D eigenvalue weighted by Crippen LogP contribution is 2.12. The van der Waals surface area contributed by atoms with Gasteiger partial charge in [-0.25, -0.2) is 0 Å². The Balaban J connectivity index is 0. The summed E-state index contributed by atoms with van der Waals surface area (Å²) in [4.78, 5) is 21.7. The highest BCUT2D eigenvalue weighted by Gasteiger charge is 1.98. The molecule has 0 fully saturated rings. The number of hydrogen-bond acceptors (Lipinski definition) is 4. The molecule has 0 aromatic carbocycles. The lowest BCUT2D eigenvalue weighted by Gasteiger charge is -2.03. The summed E-state index contributed by atoms with van der Waals surface area (Å²) < 4.78 is 10.1. The highest BCUT2D eigenvalue weighted by atomic mass is 16.5. The Labute approximate surface area is 226 Å². The zero-order valence-corrected chi connectivity index (χ0v) is 25.0. The largest absolute Gasteiger partial charge is 0.466 e. The van der Waals surface area contributed by atoms with E-state index in [1.54, 1.807) is 0 Å². The van der Waals surface area contributed by atoms with Crippen molar-refractivity contribution in [3.63, 3.8) is 0 Å². The Bertz CT molecular complexity index is 396. The van der Waals surface area contributed by atoms with Gasteiger partial charge in [0.1, 0.15) is 0 Å². The maximum Gasteiger partial charge on any atom is 0.305 e. The monoisotopic (exact) mass is 512 g/mol. The third-order valence-corrected chi connectivity index (χ3v) is 6.60. The van der Waals surface area contributed by atoms with Crippen LogP contribution < -0.4 is 0 Å². The van der Waals surface area contributed by atoms with E-state index in [0.717, 1.165) is 12.8 Å². The van der Waals surface area contributed by atoms with Crippen molar-refractivity contribution < 1.29 is 19.1 Å². The predicted octanol–water partition coefficient (Wildman–Crippen LogP) is 10.5. The van der Waals surface area contributed by atoms with Gasteiger partial charge in [0.25, 0.3) is 0 Å². The van der Waals surface area contributed by atoms with Gasteiger partial charge in [0.2, 0.25) is 0 Å². The minimum absolute atomic E-state index is 0.0675. The van der Waals surface area contributed by atoms with Crippen molar-refractivity contribution in [3.8, 4) is 0 Å². The molecule has 0 aliphatic carbocycles. The van der Waals surface area contributed by atoms with Crippen LogP contribution in [0.4, 0.5) is 0 Å². The average molecular weight is 513 g/mol. The van der Waals surface area contributed by atoms with Crippen molar-refractivity contribution in [1.82, 2.24) is 0 Å². The number of hydrogen-bond donors (Lipinski definition) is 0.